The van der Waals surface area contributed by atoms with E-state index < -0.39 is 23.7 Å². The summed E-state index contributed by atoms with van der Waals surface area (Å²) in [5, 5.41) is 13.0. The van der Waals surface area contributed by atoms with E-state index in [1.165, 1.54) is 11.0 Å². The summed E-state index contributed by atoms with van der Waals surface area (Å²) in [5.41, 5.74) is 4.15. The van der Waals surface area contributed by atoms with E-state index in [9.17, 15) is 24.3 Å². The van der Waals surface area contributed by atoms with Crippen LogP contribution in [-0.2, 0) is 25.6 Å². The van der Waals surface area contributed by atoms with Crippen LogP contribution in [0.2, 0.25) is 0 Å². The van der Waals surface area contributed by atoms with Gasteiger partial charge in [0.15, 0.2) is 11.6 Å². The molecule has 0 aromatic heterocycles. The first-order valence-electron chi connectivity index (χ1n) is 14.2. The van der Waals surface area contributed by atoms with Crippen molar-refractivity contribution >= 4 is 39.8 Å². The first kappa shape index (κ1) is 25.4. The number of phenols is 1. The summed E-state index contributed by atoms with van der Waals surface area (Å²) < 4.78 is 0. The number of Topliss-reactive ketones (excluding diaryl/α,β-unsaturated/α-hetero) is 1. The molecule has 6 nitrogen and oxygen atoms in total. The van der Waals surface area contributed by atoms with E-state index >= 15 is 0 Å². The van der Waals surface area contributed by atoms with Crippen molar-refractivity contribution in [3.05, 3.63) is 106 Å². The zero-order valence-corrected chi connectivity index (χ0v) is 22.9. The summed E-state index contributed by atoms with van der Waals surface area (Å²) in [6, 6.07) is 18.7. The topological polar surface area (TPSA) is 91.8 Å². The van der Waals surface area contributed by atoms with Crippen molar-refractivity contribution in [3.63, 3.8) is 0 Å². The number of anilines is 1. The quantitative estimate of drug-likeness (QED) is 0.258. The lowest BCUT2D eigenvalue weighted by molar-refractivity contribution is -0.123. The predicted octanol–water partition coefficient (Wildman–Crippen LogP) is 5.74. The van der Waals surface area contributed by atoms with Crippen molar-refractivity contribution < 1.29 is 24.3 Å². The van der Waals surface area contributed by atoms with Gasteiger partial charge in [-0.2, -0.15) is 0 Å². The summed E-state index contributed by atoms with van der Waals surface area (Å²) in [4.78, 5) is 56.1. The zero-order valence-electron chi connectivity index (χ0n) is 22.9. The third-order valence-corrected chi connectivity index (χ3v) is 9.41. The Kier molecular flexibility index (Phi) is 5.72. The van der Waals surface area contributed by atoms with Crippen LogP contribution in [0, 0.1) is 17.8 Å². The molecule has 1 saturated heterocycles. The first-order chi connectivity index (χ1) is 19.8. The molecule has 2 amide bonds. The molecule has 1 heterocycles. The highest BCUT2D eigenvalue weighted by atomic mass is 16.3. The predicted molar refractivity (Wildman–Crippen MR) is 155 cm³/mol. The van der Waals surface area contributed by atoms with E-state index in [2.05, 4.69) is 0 Å². The Balaban J connectivity index is 1.38. The molecule has 4 atom stereocenters. The molecule has 0 saturated carbocycles. The molecule has 204 valence electrons. The van der Waals surface area contributed by atoms with E-state index in [0.717, 1.165) is 22.9 Å². The fourth-order valence-corrected chi connectivity index (χ4v) is 7.36. The molecule has 0 spiro atoms. The standard InChI is InChI=1S/C35H29NO5/c1-3-19-8-11-21(12-9-19)36-34(40)25-15-14-23-26(30(25)35(36)41)17-27-28(37)16-18(2)32(38)31(27)29(23)24-13-10-20-6-4-5-7-22(20)33(24)39/h4-14,16,25-26,29-30,39H,3,15,17H2,1-2H3/t25-,26+,29+,30-/m0/s1. The van der Waals surface area contributed by atoms with Gasteiger partial charge in [0.2, 0.25) is 11.8 Å². The van der Waals surface area contributed by atoms with Crippen molar-refractivity contribution in [3.8, 4) is 5.75 Å². The second-order valence-corrected chi connectivity index (χ2v) is 11.5. The summed E-state index contributed by atoms with van der Waals surface area (Å²) in [6.07, 6.45) is 4.77. The third kappa shape index (κ3) is 3.63. The number of ketones is 2. The zero-order chi connectivity index (χ0) is 28.6. The largest absolute Gasteiger partial charge is 0.507 e. The fourth-order valence-electron chi connectivity index (χ4n) is 7.36. The number of aryl methyl sites for hydroxylation is 1. The van der Waals surface area contributed by atoms with Crippen molar-refractivity contribution in [2.75, 3.05) is 4.90 Å². The van der Waals surface area contributed by atoms with E-state index in [0.29, 0.717) is 39.8 Å². The van der Waals surface area contributed by atoms with Gasteiger partial charge in [-0.25, -0.2) is 0 Å². The number of benzene rings is 3. The van der Waals surface area contributed by atoms with Gasteiger partial charge in [0, 0.05) is 33.6 Å². The minimum Gasteiger partial charge on any atom is -0.507 e. The highest BCUT2D eigenvalue weighted by Gasteiger charge is 2.56. The van der Waals surface area contributed by atoms with Crippen molar-refractivity contribution in [1.29, 1.82) is 0 Å². The molecule has 0 bridgehead atoms. The number of amides is 2. The number of imide groups is 1. The first-order valence-corrected chi connectivity index (χ1v) is 14.2. The maximum absolute atomic E-state index is 14.1. The van der Waals surface area contributed by atoms with Gasteiger partial charge in [0.25, 0.3) is 0 Å². The SMILES string of the molecule is CCc1ccc(N2C(=O)[C@H]3[C@H](CC=C4[C@H](c5ccc6ccccc6c5O)C5=C(C[C@H]43)C(=O)C=C(C)C5=O)C2=O)cc1. The Hall–Kier alpha value is -4.58. The van der Waals surface area contributed by atoms with Gasteiger partial charge in [0.1, 0.15) is 5.75 Å². The second kappa shape index (κ2) is 9.23. The Morgan fingerprint density at radius 1 is 0.902 bits per heavy atom. The lowest BCUT2D eigenvalue weighted by atomic mass is 9.59. The molecule has 1 fully saturated rings. The van der Waals surface area contributed by atoms with Crippen LogP contribution in [0.5, 0.6) is 5.75 Å². The minimum absolute atomic E-state index is 0.0579. The molecular weight excluding hydrogens is 514 g/mol. The van der Waals surface area contributed by atoms with Crippen LogP contribution >= 0.6 is 0 Å². The Bertz CT molecular complexity index is 1790. The second-order valence-electron chi connectivity index (χ2n) is 11.5. The average molecular weight is 544 g/mol. The van der Waals surface area contributed by atoms with E-state index in [4.69, 9.17) is 0 Å². The van der Waals surface area contributed by atoms with Crippen LogP contribution in [0.25, 0.3) is 10.8 Å². The number of hydrogen-bond donors (Lipinski definition) is 1. The number of nitrogens with zero attached hydrogens (tertiary/aromatic N) is 1. The number of allylic oxidation sites excluding steroid dienone is 6. The molecule has 3 aromatic rings. The van der Waals surface area contributed by atoms with Gasteiger partial charge in [0.05, 0.1) is 17.5 Å². The number of phenolic OH excluding ortho intramolecular Hbond substituents is 1. The number of aromatic hydroxyl groups is 1. The monoisotopic (exact) mass is 543 g/mol. The van der Waals surface area contributed by atoms with Gasteiger partial charge >= 0.3 is 0 Å². The Morgan fingerprint density at radius 2 is 1.66 bits per heavy atom. The van der Waals surface area contributed by atoms with Crippen molar-refractivity contribution in [2.24, 2.45) is 17.8 Å². The van der Waals surface area contributed by atoms with Crippen LogP contribution < -0.4 is 4.90 Å². The van der Waals surface area contributed by atoms with Crippen LogP contribution in [0.15, 0.2) is 95.1 Å². The van der Waals surface area contributed by atoms with E-state index in [1.54, 1.807) is 6.92 Å². The molecule has 4 aliphatic rings. The van der Waals surface area contributed by atoms with Gasteiger partial charge in [-0.15, -0.1) is 0 Å². The van der Waals surface area contributed by atoms with E-state index in [-0.39, 0.29) is 35.6 Å². The fraction of sp³-hybridized carbons (Fsp3) is 0.257. The summed E-state index contributed by atoms with van der Waals surface area (Å²) >= 11 is 0. The molecule has 7 rings (SSSR count). The van der Waals surface area contributed by atoms with Gasteiger partial charge < -0.3 is 5.11 Å². The van der Waals surface area contributed by atoms with Gasteiger partial charge in [-0.1, -0.05) is 67.1 Å². The molecule has 3 aromatic carbocycles. The molecule has 1 N–H and O–H groups in total. The van der Waals surface area contributed by atoms with Crippen molar-refractivity contribution in [2.45, 2.75) is 39.0 Å². The maximum atomic E-state index is 14.1. The number of carbonyl (C=O) groups is 4. The third-order valence-electron chi connectivity index (χ3n) is 9.41. The summed E-state index contributed by atoms with van der Waals surface area (Å²) in [6.45, 7) is 3.69. The average Bonchev–Trinajstić information content (AvgIpc) is 3.25. The maximum Gasteiger partial charge on any atom is 0.238 e. The van der Waals surface area contributed by atoms with Gasteiger partial charge in [-0.3, -0.25) is 24.1 Å². The molecular formula is C35H29NO5. The number of carbonyl (C=O) groups excluding carboxylic acids is 4. The normalized spacial score (nSPS) is 25.7. The lowest BCUT2D eigenvalue weighted by Crippen LogP contribution is -2.39. The molecule has 1 aliphatic heterocycles. The van der Waals surface area contributed by atoms with Gasteiger partial charge in [-0.05, 0) is 61.3 Å². The molecule has 6 heteroatoms. The number of hydrogen-bond acceptors (Lipinski definition) is 5. The Labute approximate surface area is 237 Å². The van der Waals surface area contributed by atoms with Crippen LogP contribution in [0.4, 0.5) is 5.69 Å². The number of rotatable bonds is 3. The molecule has 3 aliphatic carbocycles. The van der Waals surface area contributed by atoms with Crippen molar-refractivity contribution in [1.82, 2.24) is 0 Å². The van der Waals surface area contributed by atoms with Crippen LogP contribution in [0.1, 0.15) is 43.7 Å². The number of fused-ring (bicyclic) bond motifs is 4. The summed E-state index contributed by atoms with van der Waals surface area (Å²) in [7, 11) is 0. The van der Waals surface area contributed by atoms with Crippen LogP contribution in [0.3, 0.4) is 0 Å². The molecule has 41 heavy (non-hydrogen) atoms. The smallest absolute Gasteiger partial charge is 0.238 e. The Morgan fingerprint density at radius 3 is 2.41 bits per heavy atom. The minimum atomic E-state index is -0.685. The highest BCUT2D eigenvalue weighted by molar-refractivity contribution is 6.25. The lowest BCUT2D eigenvalue weighted by Gasteiger charge is -2.42. The highest BCUT2D eigenvalue weighted by Crippen LogP contribution is 2.56. The molecule has 0 radical (unpaired) electrons. The summed E-state index contributed by atoms with van der Waals surface area (Å²) in [5.74, 6) is -3.22. The van der Waals surface area contributed by atoms with E-state index in [1.807, 2.05) is 73.7 Å². The van der Waals surface area contributed by atoms with Crippen LogP contribution in [-0.4, -0.2) is 28.5 Å². The molecule has 0 unspecified atom stereocenters.